The Morgan fingerprint density at radius 2 is 1.88 bits per heavy atom. The number of benzene rings is 2. The zero-order valence-corrected chi connectivity index (χ0v) is 15.0. The molecule has 2 aromatic rings. The molecule has 3 rings (SSSR count). The van der Waals surface area contributed by atoms with Crippen LogP contribution in [-0.2, 0) is 14.9 Å². The molecule has 1 aliphatic rings. The maximum atomic E-state index is 12.5. The first-order valence-corrected chi connectivity index (χ1v) is 8.71. The monoisotopic (exact) mass is 353 g/mol. The highest BCUT2D eigenvalue weighted by Gasteiger charge is 2.29. The number of amides is 1. The molecule has 1 fully saturated rings. The smallest absolute Gasteiger partial charge is 0.313 e. The average molecular weight is 353 g/mol. The van der Waals surface area contributed by atoms with Crippen molar-refractivity contribution in [2.75, 3.05) is 18.5 Å². The van der Waals surface area contributed by atoms with Crippen molar-refractivity contribution in [2.24, 2.45) is 0 Å². The first kappa shape index (κ1) is 18.1. The van der Waals surface area contributed by atoms with Gasteiger partial charge in [0.25, 0.3) is 5.91 Å². The van der Waals surface area contributed by atoms with E-state index in [9.17, 15) is 14.7 Å². The molecule has 0 aromatic heterocycles. The van der Waals surface area contributed by atoms with Crippen molar-refractivity contribution in [3.8, 4) is 0 Å². The zero-order valence-electron chi connectivity index (χ0n) is 15.0. The number of hydrogen-bond donors (Lipinski definition) is 2. The standard InChI is InChI=1S/C21H23NO4/c1-21(2,20(24)25)17-6-8-18(9-7-17)22-19(23)15-5-3-4-14(12-15)16-10-11-26-13-16/h3-9,12,16H,10-11,13H2,1-2H3,(H,22,23)(H,24,25). The summed E-state index contributed by atoms with van der Waals surface area (Å²) < 4.78 is 5.42. The molecule has 0 aliphatic carbocycles. The van der Waals surface area contributed by atoms with Gasteiger partial charge in [-0.25, -0.2) is 0 Å². The molecule has 0 bridgehead atoms. The number of nitrogens with one attached hydrogen (secondary N) is 1. The second kappa shape index (κ2) is 7.30. The lowest BCUT2D eigenvalue weighted by atomic mass is 9.85. The Hall–Kier alpha value is -2.66. The van der Waals surface area contributed by atoms with Gasteiger partial charge in [0.1, 0.15) is 0 Å². The lowest BCUT2D eigenvalue weighted by Gasteiger charge is -2.20. The number of carboxylic acid groups (broad SMARTS) is 1. The minimum absolute atomic E-state index is 0.184. The van der Waals surface area contributed by atoms with Gasteiger partial charge in [0.15, 0.2) is 0 Å². The summed E-state index contributed by atoms with van der Waals surface area (Å²) in [7, 11) is 0. The third-order valence-corrected chi connectivity index (χ3v) is 4.95. The molecular formula is C21H23NO4. The molecule has 5 nitrogen and oxygen atoms in total. The third-order valence-electron chi connectivity index (χ3n) is 4.95. The topological polar surface area (TPSA) is 75.6 Å². The number of ether oxygens (including phenoxy) is 1. The summed E-state index contributed by atoms with van der Waals surface area (Å²) in [6.07, 6.45) is 0.978. The van der Waals surface area contributed by atoms with Crippen LogP contribution in [0, 0.1) is 0 Å². The predicted molar refractivity (Wildman–Crippen MR) is 99.7 cm³/mol. The van der Waals surface area contributed by atoms with Crippen molar-refractivity contribution in [2.45, 2.75) is 31.6 Å². The molecule has 2 aromatic carbocycles. The molecule has 1 unspecified atom stereocenters. The van der Waals surface area contributed by atoms with Crippen molar-refractivity contribution in [1.82, 2.24) is 0 Å². The third kappa shape index (κ3) is 3.78. The maximum Gasteiger partial charge on any atom is 0.313 e. The van der Waals surface area contributed by atoms with E-state index in [0.29, 0.717) is 29.3 Å². The van der Waals surface area contributed by atoms with Gasteiger partial charge in [-0.3, -0.25) is 9.59 Å². The van der Waals surface area contributed by atoms with E-state index < -0.39 is 11.4 Å². The van der Waals surface area contributed by atoms with Gasteiger partial charge in [0.2, 0.25) is 0 Å². The number of carbonyl (C=O) groups is 2. The van der Waals surface area contributed by atoms with Crippen molar-refractivity contribution < 1.29 is 19.4 Å². The van der Waals surface area contributed by atoms with E-state index in [1.54, 1.807) is 44.2 Å². The highest BCUT2D eigenvalue weighted by atomic mass is 16.5. The lowest BCUT2D eigenvalue weighted by Crippen LogP contribution is -2.28. The second-order valence-corrected chi connectivity index (χ2v) is 7.15. The van der Waals surface area contributed by atoms with E-state index in [1.807, 2.05) is 18.2 Å². The number of hydrogen-bond acceptors (Lipinski definition) is 3. The summed E-state index contributed by atoms with van der Waals surface area (Å²) in [5.74, 6) is -0.724. The second-order valence-electron chi connectivity index (χ2n) is 7.15. The Balaban J connectivity index is 1.72. The van der Waals surface area contributed by atoms with E-state index in [1.165, 1.54) is 0 Å². The van der Waals surface area contributed by atoms with Crippen LogP contribution in [0.5, 0.6) is 0 Å². The quantitative estimate of drug-likeness (QED) is 0.857. The highest BCUT2D eigenvalue weighted by molar-refractivity contribution is 6.04. The van der Waals surface area contributed by atoms with Gasteiger partial charge in [-0.1, -0.05) is 24.3 Å². The first-order valence-electron chi connectivity index (χ1n) is 8.71. The van der Waals surface area contributed by atoms with Crippen molar-refractivity contribution in [3.63, 3.8) is 0 Å². The number of rotatable bonds is 5. The summed E-state index contributed by atoms with van der Waals surface area (Å²) >= 11 is 0. The Morgan fingerprint density at radius 1 is 1.15 bits per heavy atom. The average Bonchev–Trinajstić information content (AvgIpc) is 3.17. The molecule has 2 N–H and O–H groups in total. The van der Waals surface area contributed by atoms with Crippen LogP contribution in [0.3, 0.4) is 0 Å². The minimum atomic E-state index is -0.972. The van der Waals surface area contributed by atoms with Crippen LogP contribution in [0.4, 0.5) is 5.69 Å². The molecule has 1 amide bonds. The van der Waals surface area contributed by atoms with E-state index in [2.05, 4.69) is 5.32 Å². The fraction of sp³-hybridized carbons (Fsp3) is 0.333. The molecule has 1 atom stereocenters. The summed E-state index contributed by atoms with van der Waals surface area (Å²) in [6, 6.07) is 14.5. The van der Waals surface area contributed by atoms with Gasteiger partial charge in [0, 0.05) is 23.8 Å². The molecule has 1 saturated heterocycles. The summed E-state index contributed by atoms with van der Waals surface area (Å²) in [4.78, 5) is 23.9. The van der Waals surface area contributed by atoms with E-state index in [-0.39, 0.29) is 5.91 Å². The van der Waals surface area contributed by atoms with Crippen LogP contribution < -0.4 is 5.32 Å². The zero-order chi connectivity index (χ0) is 18.7. The van der Waals surface area contributed by atoms with Gasteiger partial charge in [-0.15, -0.1) is 0 Å². The largest absolute Gasteiger partial charge is 0.481 e. The van der Waals surface area contributed by atoms with Gasteiger partial charge < -0.3 is 15.2 Å². The van der Waals surface area contributed by atoms with Crippen molar-refractivity contribution in [3.05, 3.63) is 65.2 Å². The van der Waals surface area contributed by atoms with Crippen LogP contribution in [0.2, 0.25) is 0 Å². The molecule has 136 valence electrons. The molecule has 26 heavy (non-hydrogen) atoms. The van der Waals surface area contributed by atoms with Crippen molar-refractivity contribution >= 4 is 17.6 Å². The first-order chi connectivity index (χ1) is 12.4. The molecule has 0 saturated carbocycles. The molecule has 0 radical (unpaired) electrons. The van der Waals surface area contributed by atoms with Crippen LogP contribution in [0.15, 0.2) is 48.5 Å². The van der Waals surface area contributed by atoms with Gasteiger partial charge in [-0.05, 0) is 55.7 Å². The Bertz CT molecular complexity index is 805. The fourth-order valence-electron chi connectivity index (χ4n) is 3.03. The lowest BCUT2D eigenvalue weighted by molar-refractivity contribution is -0.142. The summed E-state index contributed by atoms with van der Waals surface area (Å²) in [5, 5.41) is 12.2. The molecule has 5 heteroatoms. The number of aliphatic carboxylic acids is 1. The number of carbonyl (C=O) groups excluding carboxylic acids is 1. The normalized spacial score (nSPS) is 17.1. The molecular weight excluding hydrogens is 330 g/mol. The van der Waals surface area contributed by atoms with E-state index >= 15 is 0 Å². The van der Waals surface area contributed by atoms with Gasteiger partial charge in [-0.2, -0.15) is 0 Å². The highest BCUT2D eigenvalue weighted by Crippen LogP contribution is 2.27. The van der Waals surface area contributed by atoms with Crippen molar-refractivity contribution in [1.29, 1.82) is 0 Å². The predicted octanol–water partition coefficient (Wildman–Crippen LogP) is 3.81. The Labute approximate surface area is 153 Å². The maximum absolute atomic E-state index is 12.5. The molecule has 1 aliphatic heterocycles. The van der Waals surface area contributed by atoms with Gasteiger partial charge >= 0.3 is 5.97 Å². The van der Waals surface area contributed by atoms with Gasteiger partial charge in [0.05, 0.1) is 12.0 Å². The number of carboxylic acids is 1. The Kier molecular flexibility index (Phi) is 5.09. The molecule has 1 heterocycles. The number of anilines is 1. The van der Waals surface area contributed by atoms with Crippen LogP contribution in [0.1, 0.15) is 47.7 Å². The SMILES string of the molecule is CC(C)(C(=O)O)c1ccc(NC(=O)c2cccc(C3CCOC3)c2)cc1. The molecule has 0 spiro atoms. The minimum Gasteiger partial charge on any atom is -0.481 e. The van der Waals surface area contributed by atoms with Crippen LogP contribution >= 0.6 is 0 Å². The Morgan fingerprint density at radius 3 is 2.50 bits per heavy atom. The van der Waals surface area contributed by atoms with E-state index in [0.717, 1.165) is 18.6 Å². The summed E-state index contributed by atoms with van der Waals surface area (Å²) in [6.45, 7) is 4.77. The van der Waals surface area contributed by atoms with E-state index in [4.69, 9.17) is 4.74 Å². The fourth-order valence-corrected chi connectivity index (χ4v) is 3.03. The van der Waals surface area contributed by atoms with Crippen LogP contribution in [-0.4, -0.2) is 30.2 Å². The summed E-state index contributed by atoms with van der Waals surface area (Å²) in [5.41, 5.74) is 2.07. The van der Waals surface area contributed by atoms with Crippen LogP contribution in [0.25, 0.3) is 0 Å².